The van der Waals surface area contributed by atoms with Crippen molar-refractivity contribution in [2.75, 3.05) is 31.6 Å². The van der Waals surface area contributed by atoms with E-state index in [1.54, 1.807) is 13.3 Å². The van der Waals surface area contributed by atoms with Crippen LogP contribution in [0.1, 0.15) is 44.9 Å². The lowest BCUT2D eigenvalue weighted by Gasteiger charge is -2.41. The Morgan fingerprint density at radius 2 is 1.75 bits per heavy atom. The summed E-state index contributed by atoms with van der Waals surface area (Å²) in [5.74, 6) is 1.85. The molecule has 2 aromatic rings. The Labute approximate surface area is 189 Å². The van der Waals surface area contributed by atoms with Gasteiger partial charge >= 0.3 is 0 Å². The Morgan fingerprint density at radius 3 is 2.41 bits per heavy atom. The van der Waals surface area contributed by atoms with Crippen LogP contribution in [0.15, 0.2) is 36.7 Å². The highest BCUT2D eigenvalue weighted by atomic mass is 16.5. The summed E-state index contributed by atoms with van der Waals surface area (Å²) >= 11 is 0. The molecule has 7 nitrogen and oxygen atoms in total. The number of rotatable bonds is 4. The molecular formula is C25H32N4O3. The second-order valence-corrected chi connectivity index (χ2v) is 9.51. The average Bonchev–Trinajstić information content (AvgIpc) is 3.15. The molecule has 2 aliphatic heterocycles. The van der Waals surface area contributed by atoms with Crippen LogP contribution in [-0.4, -0.2) is 64.8 Å². The van der Waals surface area contributed by atoms with E-state index in [9.17, 15) is 9.90 Å². The van der Waals surface area contributed by atoms with Gasteiger partial charge in [0, 0.05) is 55.3 Å². The second kappa shape index (κ2) is 8.70. The van der Waals surface area contributed by atoms with E-state index < -0.39 is 0 Å². The molecule has 3 fully saturated rings. The number of piperidine rings is 1. The third kappa shape index (κ3) is 3.94. The molecule has 7 heteroatoms. The lowest BCUT2D eigenvalue weighted by molar-refractivity contribution is -0.139. The van der Waals surface area contributed by atoms with Gasteiger partial charge in [0.1, 0.15) is 5.82 Å². The maximum Gasteiger partial charge on any atom is 0.230 e. The van der Waals surface area contributed by atoms with Crippen LogP contribution in [0.5, 0.6) is 5.88 Å². The van der Waals surface area contributed by atoms with Crippen LogP contribution < -0.4 is 9.64 Å². The molecule has 1 aliphatic carbocycles. The maximum atomic E-state index is 13.5. The van der Waals surface area contributed by atoms with E-state index in [0.29, 0.717) is 17.8 Å². The quantitative estimate of drug-likeness (QED) is 0.793. The fraction of sp³-hybridized carbons (Fsp3) is 0.560. The zero-order valence-electron chi connectivity index (χ0n) is 18.7. The van der Waals surface area contributed by atoms with Crippen LogP contribution in [0.25, 0.3) is 11.1 Å². The van der Waals surface area contributed by atoms with Gasteiger partial charge in [0.05, 0.1) is 18.6 Å². The summed E-state index contributed by atoms with van der Waals surface area (Å²) < 4.78 is 5.13. The molecule has 2 saturated heterocycles. The Bertz CT molecular complexity index is 941. The molecule has 0 aromatic carbocycles. The van der Waals surface area contributed by atoms with Crippen molar-refractivity contribution in [3.63, 3.8) is 0 Å². The molecule has 4 heterocycles. The molecule has 1 spiro atoms. The fourth-order valence-corrected chi connectivity index (χ4v) is 5.69. The van der Waals surface area contributed by atoms with Crippen LogP contribution in [0.4, 0.5) is 5.82 Å². The third-order valence-corrected chi connectivity index (χ3v) is 7.58. The largest absolute Gasteiger partial charge is 0.481 e. The van der Waals surface area contributed by atoms with Crippen molar-refractivity contribution in [2.24, 2.45) is 5.41 Å². The average molecular weight is 437 g/mol. The van der Waals surface area contributed by atoms with E-state index in [2.05, 4.69) is 26.9 Å². The number of carbonyl (C=O) groups excluding carboxylic acids is 1. The summed E-state index contributed by atoms with van der Waals surface area (Å²) in [7, 11) is 1.61. The third-order valence-electron chi connectivity index (χ3n) is 7.58. The monoisotopic (exact) mass is 436 g/mol. The van der Waals surface area contributed by atoms with E-state index in [-0.39, 0.29) is 11.5 Å². The van der Waals surface area contributed by atoms with E-state index >= 15 is 0 Å². The number of likely N-dealkylation sites (tertiary alicyclic amines) is 1. The van der Waals surface area contributed by atoms with Crippen LogP contribution >= 0.6 is 0 Å². The summed E-state index contributed by atoms with van der Waals surface area (Å²) in [5.41, 5.74) is 1.73. The molecule has 5 rings (SSSR count). The molecule has 0 unspecified atom stereocenters. The number of methoxy groups -OCH3 is 1. The van der Waals surface area contributed by atoms with E-state index in [1.807, 2.05) is 18.3 Å². The topological polar surface area (TPSA) is 78.8 Å². The minimum Gasteiger partial charge on any atom is -0.481 e. The number of nitrogens with zero attached hydrogens (tertiary/aromatic N) is 4. The smallest absolute Gasteiger partial charge is 0.230 e. The van der Waals surface area contributed by atoms with E-state index in [1.165, 1.54) is 0 Å². The number of hydrogen-bond acceptors (Lipinski definition) is 6. The molecule has 170 valence electrons. The Morgan fingerprint density at radius 1 is 1.00 bits per heavy atom. The zero-order valence-corrected chi connectivity index (χ0v) is 18.7. The second-order valence-electron chi connectivity index (χ2n) is 9.51. The predicted octanol–water partition coefficient (Wildman–Crippen LogP) is 3.27. The standard InChI is InChI=1S/C25H32N4O3/c1-32-23-10-4-19(16-27-23)18-3-9-22(26-15-18)28-13-2-11-25(17-28)12-14-29(24(25)31)20-5-7-21(30)8-6-20/h3-4,9-10,15-16,20-21,30H,2,5-8,11-14,17H2,1H3/t20-,21-,25-/m0/s1. The molecular weight excluding hydrogens is 404 g/mol. The molecule has 1 saturated carbocycles. The van der Waals surface area contributed by atoms with Gasteiger partial charge in [-0.15, -0.1) is 0 Å². The van der Waals surface area contributed by atoms with Gasteiger partial charge in [-0.3, -0.25) is 4.79 Å². The first-order chi connectivity index (χ1) is 15.6. The summed E-state index contributed by atoms with van der Waals surface area (Å²) in [6.07, 6.45) is 9.87. The van der Waals surface area contributed by atoms with Crippen LogP contribution in [0.3, 0.4) is 0 Å². The van der Waals surface area contributed by atoms with Gasteiger partial charge in [0.25, 0.3) is 0 Å². The first-order valence-electron chi connectivity index (χ1n) is 11.8. The van der Waals surface area contributed by atoms with Crippen LogP contribution in [-0.2, 0) is 4.79 Å². The van der Waals surface area contributed by atoms with Gasteiger partial charge in [-0.25, -0.2) is 9.97 Å². The van der Waals surface area contributed by atoms with Crippen molar-refractivity contribution in [3.05, 3.63) is 36.7 Å². The SMILES string of the molecule is COc1ccc(-c2ccc(N3CCC[C@]4(CCN([C@H]5CC[C@H](O)CC5)C4=O)C3)nc2)cn1. The molecule has 0 bridgehead atoms. The Hall–Kier alpha value is -2.67. The maximum absolute atomic E-state index is 13.5. The predicted molar refractivity (Wildman–Crippen MR) is 122 cm³/mol. The van der Waals surface area contributed by atoms with Crippen LogP contribution in [0.2, 0.25) is 0 Å². The zero-order chi connectivity index (χ0) is 22.1. The van der Waals surface area contributed by atoms with Gasteiger partial charge in [0.2, 0.25) is 11.8 Å². The van der Waals surface area contributed by atoms with Crippen molar-refractivity contribution in [2.45, 2.75) is 57.1 Å². The Kier molecular flexibility index (Phi) is 5.76. The minimum atomic E-state index is -0.283. The molecule has 1 amide bonds. The number of aliphatic hydroxyl groups is 1. The van der Waals surface area contributed by atoms with Crippen molar-refractivity contribution >= 4 is 11.7 Å². The molecule has 1 atom stereocenters. The number of anilines is 1. The number of amides is 1. The highest BCUT2D eigenvalue weighted by molar-refractivity contribution is 5.86. The van der Waals surface area contributed by atoms with Crippen molar-refractivity contribution in [3.8, 4) is 17.0 Å². The number of aromatic nitrogens is 2. The molecule has 32 heavy (non-hydrogen) atoms. The van der Waals surface area contributed by atoms with E-state index in [0.717, 1.165) is 81.5 Å². The number of pyridine rings is 2. The van der Waals surface area contributed by atoms with Crippen LogP contribution in [0, 0.1) is 5.41 Å². The van der Waals surface area contributed by atoms with E-state index in [4.69, 9.17) is 9.72 Å². The van der Waals surface area contributed by atoms with Gasteiger partial charge in [-0.2, -0.15) is 0 Å². The molecule has 3 aliphatic rings. The highest BCUT2D eigenvalue weighted by Crippen LogP contribution is 2.43. The Balaban J connectivity index is 1.28. The summed E-state index contributed by atoms with van der Waals surface area (Å²) in [6, 6.07) is 8.26. The molecule has 2 aromatic heterocycles. The first-order valence-corrected chi connectivity index (χ1v) is 11.8. The highest BCUT2D eigenvalue weighted by Gasteiger charge is 2.50. The normalized spacial score (nSPS) is 28.4. The van der Waals surface area contributed by atoms with Crippen molar-refractivity contribution < 1.29 is 14.6 Å². The van der Waals surface area contributed by atoms with Gasteiger partial charge in [-0.1, -0.05) is 0 Å². The summed E-state index contributed by atoms with van der Waals surface area (Å²) in [4.78, 5) is 26.9. The number of ether oxygens (including phenoxy) is 1. The summed E-state index contributed by atoms with van der Waals surface area (Å²) in [5, 5.41) is 9.83. The number of hydrogen-bond donors (Lipinski definition) is 1. The minimum absolute atomic E-state index is 0.189. The summed E-state index contributed by atoms with van der Waals surface area (Å²) in [6.45, 7) is 2.53. The number of aliphatic hydroxyl groups excluding tert-OH is 1. The van der Waals surface area contributed by atoms with Gasteiger partial charge in [0.15, 0.2) is 0 Å². The van der Waals surface area contributed by atoms with Gasteiger partial charge in [-0.05, 0) is 63.1 Å². The molecule has 1 N–H and O–H groups in total. The first kappa shape index (κ1) is 21.2. The lowest BCUT2D eigenvalue weighted by atomic mass is 9.78. The lowest BCUT2D eigenvalue weighted by Crippen LogP contribution is -2.50. The number of carbonyl (C=O) groups is 1. The van der Waals surface area contributed by atoms with Crippen molar-refractivity contribution in [1.82, 2.24) is 14.9 Å². The molecule has 0 radical (unpaired) electrons. The fourth-order valence-electron chi connectivity index (χ4n) is 5.69. The van der Waals surface area contributed by atoms with Gasteiger partial charge < -0.3 is 19.6 Å². The van der Waals surface area contributed by atoms with Crippen molar-refractivity contribution in [1.29, 1.82) is 0 Å².